The van der Waals surface area contributed by atoms with Gasteiger partial charge in [-0.25, -0.2) is 0 Å². The lowest BCUT2D eigenvalue weighted by molar-refractivity contribution is -0.137. The first kappa shape index (κ1) is 16.2. The molecule has 1 rings (SSSR count). The number of carbonyl (C=O) groups is 2. The number of hydrogen-bond acceptors (Lipinski definition) is 2. The molecule has 0 aliphatic carbocycles. The molecule has 0 saturated carbocycles. The molecule has 1 N–H and O–H groups in total. The van der Waals surface area contributed by atoms with Crippen LogP contribution in [0.25, 0.3) is 0 Å². The summed E-state index contributed by atoms with van der Waals surface area (Å²) in [6.45, 7) is 8.78. The molecule has 0 unspecified atom stereocenters. The Morgan fingerprint density at radius 1 is 1.10 bits per heavy atom. The number of likely N-dealkylation sites (N-methyl/N-ethyl adjacent to an activating group) is 1. The van der Waals surface area contributed by atoms with Gasteiger partial charge in [0.1, 0.15) is 6.04 Å². The van der Waals surface area contributed by atoms with Gasteiger partial charge in [0.15, 0.2) is 0 Å². The molecule has 1 aromatic carbocycles. The van der Waals surface area contributed by atoms with E-state index in [1.165, 1.54) is 0 Å². The molecule has 0 radical (unpaired) electrons. The van der Waals surface area contributed by atoms with Gasteiger partial charge in [-0.3, -0.25) is 9.59 Å². The van der Waals surface area contributed by atoms with Gasteiger partial charge in [0.2, 0.25) is 11.8 Å². The minimum absolute atomic E-state index is 0.0600. The molecule has 4 heteroatoms. The van der Waals surface area contributed by atoms with Crippen molar-refractivity contribution in [2.45, 2.75) is 33.7 Å². The van der Waals surface area contributed by atoms with Crippen molar-refractivity contribution in [2.75, 3.05) is 13.1 Å². The van der Waals surface area contributed by atoms with Gasteiger partial charge in [-0.05, 0) is 19.4 Å². The fraction of sp³-hybridized carbons (Fsp3) is 0.500. The number of rotatable bonds is 6. The third-order valence-corrected chi connectivity index (χ3v) is 3.27. The zero-order chi connectivity index (χ0) is 15.1. The molecule has 0 heterocycles. The van der Waals surface area contributed by atoms with Gasteiger partial charge in [0, 0.05) is 19.0 Å². The Morgan fingerprint density at radius 2 is 1.65 bits per heavy atom. The average molecular weight is 276 g/mol. The van der Waals surface area contributed by atoms with Crippen LogP contribution in [0.3, 0.4) is 0 Å². The Balaban J connectivity index is 3.02. The molecule has 0 spiro atoms. The van der Waals surface area contributed by atoms with E-state index in [1.54, 1.807) is 4.90 Å². The molecule has 0 fully saturated rings. The van der Waals surface area contributed by atoms with E-state index in [9.17, 15) is 9.59 Å². The predicted octanol–water partition coefficient (Wildman–Crippen LogP) is 2.37. The molecule has 0 aliphatic rings. The zero-order valence-electron chi connectivity index (χ0n) is 12.7. The highest BCUT2D eigenvalue weighted by molar-refractivity contribution is 5.89. The molecular weight excluding hydrogens is 252 g/mol. The number of amides is 2. The van der Waals surface area contributed by atoms with Crippen molar-refractivity contribution >= 4 is 11.8 Å². The van der Waals surface area contributed by atoms with E-state index in [4.69, 9.17) is 0 Å². The minimum atomic E-state index is -0.606. The summed E-state index contributed by atoms with van der Waals surface area (Å²) in [5, 5.41) is 2.85. The van der Waals surface area contributed by atoms with E-state index in [0.717, 1.165) is 5.56 Å². The van der Waals surface area contributed by atoms with Crippen molar-refractivity contribution in [1.29, 1.82) is 0 Å². The van der Waals surface area contributed by atoms with Crippen molar-refractivity contribution in [3.05, 3.63) is 35.9 Å². The highest BCUT2D eigenvalue weighted by Gasteiger charge is 2.26. The van der Waals surface area contributed by atoms with Crippen LogP contribution in [0.15, 0.2) is 30.3 Å². The van der Waals surface area contributed by atoms with E-state index in [0.29, 0.717) is 13.1 Å². The topological polar surface area (TPSA) is 49.4 Å². The highest BCUT2D eigenvalue weighted by Crippen LogP contribution is 2.16. The Morgan fingerprint density at radius 3 is 2.10 bits per heavy atom. The van der Waals surface area contributed by atoms with E-state index >= 15 is 0 Å². The molecule has 2 amide bonds. The average Bonchev–Trinajstić information content (AvgIpc) is 2.46. The molecule has 0 aliphatic heterocycles. The summed E-state index contributed by atoms with van der Waals surface area (Å²) in [5.74, 6) is -0.319. The van der Waals surface area contributed by atoms with Crippen molar-refractivity contribution in [1.82, 2.24) is 10.2 Å². The Kier molecular flexibility index (Phi) is 6.22. The van der Waals surface area contributed by atoms with Crippen LogP contribution in [0.2, 0.25) is 0 Å². The van der Waals surface area contributed by atoms with Gasteiger partial charge in [-0.2, -0.15) is 0 Å². The Bertz CT molecular complexity index is 439. The van der Waals surface area contributed by atoms with Crippen molar-refractivity contribution in [2.24, 2.45) is 5.92 Å². The maximum absolute atomic E-state index is 12.6. The van der Waals surface area contributed by atoms with Gasteiger partial charge < -0.3 is 10.2 Å². The van der Waals surface area contributed by atoms with Crippen molar-refractivity contribution < 1.29 is 9.59 Å². The summed E-state index contributed by atoms with van der Waals surface area (Å²) in [6, 6.07) is 8.77. The fourth-order valence-corrected chi connectivity index (χ4v) is 1.96. The van der Waals surface area contributed by atoms with Crippen molar-refractivity contribution in [3.63, 3.8) is 0 Å². The van der Waals surface area contributed by atoms with Gasteiger partial charge >= 0.3 is 0 Å². The van der Waals surface area contributed by atoms with Gasteiger partial charge in [-0.15, -0.1) is 0 Å². The van der Waals surface area contributed by atoms with Crippen LogP contribution in [0, 0.1) is 5.92 Å². The van der Waals surface area contributed by atoms with Crippen LogP contribution in [-0.4, -0.2) is 29.8 Å². The first-order valence-electron chi connectivity index (χ1n) is 7.15. The summed E-state index contributed by atoms with van der Waals surface area (Å²) in [4.78, 5) is 26.3. The van der Waals surface area contributed by atoms with E-state index in [-0.39, 0.29) is 17.7 Å². The summed E-state index contributed by atoms with van der Waals surface area (Å²) in [7, 11) is 0. The second-order valence-electron chi connectivity index (χ2n) is 5.02. The monoisotopic (exact) mass is 276 g/mol. The standard InChI is InChI=1S/C16H24N2O2/c1-5-18(6-2)16(20)14(17-15(19)12(3)4)13-10-8-7-9-11-13/h7-12,14H,5-6H2,1-4H3,(H,17,19)/t14-/m0/s1. The summed E-state index contributed by atoms with van der Waals surface area (Å²) in [5.41, 5.74) is 0.818. The number of hydrogen-bond donors (Lipinski definition) is 1. The van der Waals surface area contributed by atoms with Gasteiger partial charge in [0.25, 0.3) is 0 Å². The normalized spacial score (nSPS) is 12.1. The maximum Gasteiger partial charge on any atom is 0.249 e. The van der Waals surface area contributed by atoms with Crippen LogP contribution >= 0.6 is 0 Å². The molecule has 20 heavy (non-hydrogen) atoms. The first-order chi connectivity index (χ1) is 9.51. The molecule has 0 aromatic heterocycles. The number of nitrogens with zero attached hydrogens (tertiary/aromatic N) is 1. The summed E-state index contributed by atoms with van der Waals surface area (Å²) >= 11 is 0. The van der Waals surface area contributed by atoms with E-state index in [2.05, 4.69) is 5.32 Å². The molecule has 1 atom stereocenters. The molecule has 0 saturated heterocycles. The fourth-order valence-electron chi connectivity index (χ4n) is 1.96. The lowest BCUT2D eigenvalue weighted by Gasteiger charge is -2.26. The minimum Gasteiger partial charge on any atom is -0.341 e. The predicted molar refractivity (Wildman–Crippen MR) is 80.1 cm³/mol. The van der Waals surface area contributed by atoms with Crippen LogP contribution in [0.5, 0.6) is 0 Å². The molecular formula is C16H24N2O2. The van der Waals surface area contributed by atoms with Crippen LogP contribution in [0.1, 0.15) is 39.3 Å². The first-order valence-corrected chi connectivity index (χ1v) is 7.15. The molecule has 1 aromatic rings. The van der Waals surface area contributed by atoms with Crippen LogP contribution < -0.4 is 5.32 Å². The lowest BCUT2D eigenvalue weighted by atomic mass is 10.0. The highest BCUT2D eigenvalue weighted by atomic mass is 16.2. The molecule has 110 valence electrons. The number of benzene rings is 1. The number of carbonyl (C=O) groups excluding carboxylic acids is 2. The van der Waals surface area contributed by atoms with Crippen LogP contribution in [-0.2, 0) is 9.59 Å². The second kappa shape index (κ2) is 7.68. The Labute approximate surface area is 121 Å². The third kappa shape index (κ3) is 4.08. The van der Waals surface area contributed by atoms with Crippen molar-refractivity contribution in [3.8, 4) is 0 Å². The quantitative estimate of drug-likeness (QED) is 0.867. The SMILES string of the molecule is CCN(CC)C(=O)[C@@H](NC(=O)C(C)C)c1ccccc1. The molecule has 0 bridgehead atoms. The second-order valence-corrected chi connectivity index (χ2v) is 5.02. The zero-order valence-corrected chi connectivity index (χ0v) is 12.7. The van der Waals surface area contributed by atoms with E-state index < -0.39 is 6.04 Å². The van der Waals surface area contributed by atoms with E-state index in [1.807, 2.05) is 58.0 Å². The Hall–Kier alpha value is -1.84. The maximum atomic E-state index is 12.6. The molecule has 4 nitrogen and oxygen atoms in total. The van der Waals surface area contributed by atoms with Gasteiger partial charge in [0.05, 0.1) is 0 Å². The lowest BCUT2D eigenvalue weighted by Crippen LogP contribution is -2.43. The largest absolute Gasteiger partial charge is 0.341 e. The summed E-state index contributed by atoms with van der Waals surface area (Å²) in [6.07, 6.45) is 0. The third-order valence-electron chi connectivity index (χ3n) is 3.27. The summed E-state index contributed by atoms with van der Waals surface area (Å²) < 4.78 is 0. The van der Waals surface area contributed by atoms with Gasteiger partial charge in [-0.1, -0.05) is 44.2 Å². The van der Waals surface area contributed by atoms with Crippen LogP contribution in [0.4, 0.5) is 0 Å². The smallest absolute Gasteiger partial charge is 0.249 e. The number of nitrogens with one attached hydrogen (secondary N) is 1.